The summed E-state index contributed by atoms with van der Waals surface area (Å²) in [7, 11) is 0. The van der Waals surface area contributed by atoms with E-state index in [2.05, 4.69) is 4.98 Å². The third kappa shape index (κ3) is 2.19. The number of hydrogen-bond donors (Lipinski definition) is 1. The molecule has 0 radical (unpaired) electrons. The number of amides is 1. The monoisotopic (exact) mass is 231 g/mol. The van der Waals surface area contributed by atoms with E-state index >= 15 is 0 Å². The van der Waals surface area contributed by atoms with Gasteiger partial charge < -0.3 is 5.73 Å². The van der Waals surface area contributed by atoms with Gasteiger partial charge in [0.1, 0.15) is 23.0 Å². The summed E-state index contributed by atoms with van der Waals surface area (Å²) in [5.41, 5.74) is 3.35. The molecule has 2 N–H and O–H groups in total. The fourth-order valence-corrected chi connectivity index (χ4v) is 1.17. The summed E-state index contributed by atoms with van der Waals surface area (Å²) in [4.78, 5) is 14.1. The molecule has 1 heterocycles. The smallest absolute Gasteiger partial charge is 0.280 e. The lowest BCUT2D eigenvalue weighted by atomic mass is 10.2. The van der Waals surface area contributed by atoms with Crippen molar-refractivity contribution in [1.82, 2.24) is 4.98 Å². The zero-order valence-corrected chi connectivity index (χ0v) is 7.92. The average Bonchev–Trinajstić information content (AvgIpc) is 2.16. The first kappa shape index (κ1) is 11.3. The Morgan fingerprint density at radius 3 is 2.67 bits per heavy atom. The van der Waals surface area contributed by atoms with Crippen LogP contribution in [0.3, 0.4) is 0 Å². The molecule has 0 atom stereocenters. The zero-order valence-electron chi connectivity index (χ0n) is 7.17. The molecule has 4 nitrogen and oxygen atoms in total. The van der Waals surface area contributed by atoms with Crippen LogP contribution in [0, 0.1) is 11.3 Å². The van der Waals surface area contributed by atoms with Crippen molar-refractivity contribution in [2.45, 2.75) is 6.43 Å². The third-order valence-electron chi connectivity index (χ3n) is 1.56. The fraction of sp³-hybridized carbons (Fsp3) is 0.125. The number of rotatable bonds is 2. The van der Waals surface area contributed by atoms with E-state index in [1.165, 1.54) is 0 Å². The third-order valence-corrected chi connectivity index (χ3v) is 1.86. The van der Waals surface area contributed by atoms with Gasteiger partial charge in [0.2, 0.25) is 0 Å². The second kappa shape index (κ2) is 4.19. The number of nitrogens with two attached hydrogens (primary N) is 1. The van der Waals surface area contributed by atoms with E-state index in [1.54, 1.807) is 6.07 Å². The lowest BCUT2D eigenvalue weighted by Gasteiger charge is -2.04. The Hall–Kier alpha value is -1.74. The molecule has 0 saturated carbocycles. The van der Waals surface area contributed by atoms with Gasteiger partial charge in [-0.25, -0.2) is 13.8 Å². The number of alkyl halides is 2. The Labute approximate surface area is 88.3 Å². The molecule has 1 aromatic heterocycles. The molecule has 0 aliphatic heterocycles. The van der Waals surface area contributed by atoms with Gasteiger partial charge in [-0.15, -0.1) is 0 Å². The number of carbonyl (C=O) groups is 1. The van der Waals surface area contributed by atoms with Crippen LogP contribution >= 0.6 is 11.6 Å². The zero-order chi connectivity index (χ0) is 11.6. The number of pyridine rings is 1. The van der Waals surface area contributed by atoms with Gasteiger partial charge in [-0.05, 0) is 6.07 Å². The molecule has 0 aliphatic carbocycles. The van der Waals surface area contributed by atoms with Crippen molar-refractivity contribution in [3.05, 3.63) is 28.0 Å². The fourth-order valence-electron chi connectivity index (χ4n) is 0.929. The van der Waals surface area contributed by atoms with Crippen LogP contribution in [0.5, 0.6) is 0 Å². The van der Waals surface area contributed by atoms with Crippen LogP contribution in [-0.4, -0.2) is 10.9 Å². The van der Waals surface area contributed by atoms with Crippen molar-refractivity contribution in [3.63, 3.8) is 0 Å². The molecule has 78 valence electrons. The SMILES string of the molecule is N#Cc1c(Cl)cc(C(F)F)nc1C(N)=O. The van der Waals surface area contributed by atoms with Crippen molar-refractivity contribution in [2.24, 2.45) is 5.73 Å². The number of nitriles is 1. The van der Waals surface area contributed by atoms with Crippen molar-refractivity contribution < 1.29 is 13.6 Å². The van der Waals surface area contributed by atoms with Gasteiger partial charge in [0.15, 0.2) is 0 Å². The molecule has 0 unspecified atom stereocenters. The second-order valence-electron chi connectivity index (χ2n) is 2.53. The Morgan fingerprint density at radius 1 is 1.67 bits per heavy atom. The number of nitrogens with zero attached hydrogens (tertiary/aromatic N) is 2. The Bertz CT molecular complexity index is 456. The highest BCUT2D eigenvalue weighted by molar-refractivity contribution is 6.32. The van der Waals surface area contributed by atoms with Gasteiger partial charge in [-0.3, -0.25) is 4.79 Å². The lowest BCUT2D eigenvalue weighted by molar-refractivity contribution is 0.0993. The second-order valence-corrected chi connectivity index (χ2v) is 2.94. The predicted molar refractivity (Wildman–Crippen MR) is 47.4 cm³/mol. The molecule has 0 fully saturated rings. The molecule has 0 bridgehead atoms. The first-order valence-electron chi connectivity index (χ1n) is 3.66. The molecular weight excluding hydrogens is 228 g/mol. The van der Waals surface area contributed by atoms with E-state index in [1.807, 2.05) is 0 Å². The van der Waals surface area contributed by atoms with Crippen LogP contribution in [0.4, 0.5) is 8.78 Å². The Morgan fingerprint density at radius 2 is 2.27 bits per heavy atom. The quantitative estimate of drug-likeness (QED) is 0.840. The minimum absolute atomic E-state index is 0.267. The van der Waals surface area contributed by atoms with Gasteiger partial charge in [0.05, 0.1) is 5.02 Å². The number of carbonyl (C=O) groups excluding carboxylic acids is 1. The van der Waals surface area contributed by atoms with Crippen LogP contribution in [0.1, 0.15) is 28.2 Å². The van der Waals surface area contributed by atoms with Crippen LogP contribution in [-0.2, 0) is 0 Å². The van der Waals surface area contributed by atoms with Crippen molar-refractivity contribution >= 4 is 17.5 Å². The number of halogens is 3. The summed E-state index contributed by atoms with van der Waals surface area (Å²) >= 11 is 5.52. The summed E-state index contributed by atoms with van der Waals surface area (Å²) in [6, 6.07) is 2.40. The van der Waals surface area contributed by atoms with Gasteiger partial charge in [-0.1, -0.05) is 11.6 Å². The topological polar surface area (TPSA) is 79.8 Å². The summed E-state index contributed by atoms with van der Waals surface area (Å²) in [5, 5.41) is 8.34. The highest BCUT2D eigenvalue weighted by Gasteiger charge is 2.19. The van der Waals surface area contributed by atoms with E-state index < -0.39 is 23.7 Å². The van der Waals surface area contributed by atoms with Crippen molar-refractivity contribution in [2.75, 3.05) is 0 Å². The van der Waals surface area contributed by atoms with Gasteiger partial charge in [0.25, 0.3) is 12.3 Å². The molecule has 1 aromatic rings. The van der Waals surface area contributed by atoms with Gasteiger partial charge >= 0.3 is 0 Å². The Balaban J connectivity index is 3.47. The predicted octanol–water partition coefficient (Wildman–Crippen LogP) is 1.64. The van der Waals surface area contributed by atoms with Crippen molar-refractivity contribution in [3.8, 4) is 6.07 Å². The minimum Gasteiger partial charge on any atom is -0.364 e. The maximum absolute atomic E-state index is 12.3. The molecule has 0 spiro atoms. The van der Waals surface area contributed by atoms with E-state index in [-0.39, 0.29) is 10.6 Å². The molecule has 0 aromatic carbocycles. The van der Waals surface area contributed by atoms with Crippen LogP contribution in [0.25, 0.3) is 0 Å². The molecule has 0 saturated heterocycles. The van der Waals surface area contributed by atoms with Crippen molar-refractivity contribution in [1.29, 1.82) is 5.26 Å². The normalized spacial score (nSPS) is 10.1. The van der Waals surface area contributed by atoms with Crippen LogP contribution in [0.15, 0.2) is 6.07 Å². The van der Waals surface area contributed by atoms with E-state index in [0.29, 0.717) is 0 Å². The Kier molecular flexibility index (Phi) is 3.17. The van der Waals surface area contributed by atoms with E-state index in [9.17, 15) is 13.6 Å². The van der Waals surface area contributed by atoms with Gasteiger partial charge in [-0.2, -0.15) is 5.26 Å². The number of primary amides is 1. The number of aromatic nitrogens is 1. The summed E-state index contributed by atoms with van der Waals surface area (Å²) in [6.07, 6.45) is -2.88. The molecule has 1 rings (SSSR count). The van der Waals surface area contributed by atoms with Crippen LogP contribution < -0.4 is 5.73 Å². The largest absolute Gasteiger partial charge is 0.364 e. The number of hydrogen-bond acceptors (Lipinski definition) is 3. The summed E-state index contributed by atoms with van der Waals surface area (Å²) in [6.45, 7) is 0. The summed E-state index contributed by atoms with van der Waals surface area (Å²) < 4.78 is 24.5. The molecule has 15 heavy (non-hydrogen) atoms. The standard InChI is InChI=1S/C8H4ClF2N3O/c9-4-1-5(7(10)11)14-6(8(13)15)3(4)2-12/h1,7H,(H2,13,15). The minimum atomic E-state index is -2.88. The maximum atomic E-state index is 12.3. The summed E-state index contributed by atoms with van der Waals surface area (Å²) in [5.74, 6) is -1.07. The average molecular weight is 232 g/mol. The van der Waals surface area contributed by atoms with E-state index in [0.717, 1.165) is 6.07 Å². The first-order chi connectivity index (χ1) is 6.97. The molecule has 7 heteroatoms. The highest BCUT2D eigenvalue weighted by Crippen LogP contribution is 2.24. The molecular formula is C8H4ClF2N3O. The molecule has 0 aliphatic rings. The highest BCUT2D eigenvalue weighted by atomic mass is 35.5. The van der Waals surface area contributed by atoms with Crippen LogP contribution in [0.2, 0.25) is 5.02 Å². The molecule has 1 amide bonds. The maximum Gasteiger partial charge on any atom is 0.280 e. The first-order valence-corrected chi connectivity index (χ1v) is 4.03. The van der Waals surface area contributed by atoms with Gasteiger partial charge in [0, 0.05) is 0 Å². The van der Waals surface area contributed by atoms with E-state index in [4.69, 9.17) is 22.6 Å². The lowest BCUT2D eigenvalue weighted by Crippen LogP contribution is -2.16.